The zero-order valence-corrected chi connectivity index (χ0v) is 43.5. The Labute approximate surface area is 410 Å². The summed E-state index contributed by atoms with van der Waals surface area (Å²) < 4.78 is 32.8. The van der Waals surface area contributed by atoms with E-state index in [1.165, 1.54) is 109 Å². The van der Waals surface area contributed by atoms with Crippen LogP contribution in [0.2, 0.25) is 0 Å². The maximum absolute atomic E-state index is 12.7. The summed E-state index contributed by atoms with van der Waals surface area (Å²) in [7, 11) is -4.40. The summed E-state index contributed by atoms with van der Waals surface area (Å²) in [5.41, 5.74) is 5.36. The fraction of sp³-hybridized carbons (Fsp3) is 0.684. The van der Waals surface area contributed by atoms with Crippen LogP contribution in [0.4, 0.5) is 0 Å². The zero-order chi connectivity index (χ0) is 48.8. The number of rotatable bonds is 49. The molecule has 10 heteroatoms. The van der Waals surface area contributed by atoms with Crippen molar-refractivity contribution in [1.29, 1.82) is 0 Å². The number of ether oxygens (including phenoxy) is 2. The summed E-state index contributed by atoms with van der Waals surface area (Å²) in [5.74, 6) is -0.923. The van der Waals surface area contributed by atoms with Crippen LogP contribution in [-0.2, 0) is 32.7 Å². The molecular weight excluding hydrogens is 858 g/mol. The van der Waals surface area contributed by atoms with Crippen LogP contribution in [0.15, 0.2) is 97.2 Å². The van der Waals surface area contributed by atoms with Crippen molar-refractivity contribution in [1.82, 2.24) is 0 Å². The number of unbranched alkanes of at least 4 members (excludes halogenated alkanes) is 20. The van der Waals surface area contributed by atoms with Crippen molar-refractivity contribution in [3.05, 3.63) is 97.2 Å². The number of phosphoric acid groups is 1. The number of esters is 2. The topological polar surface area (TPSA) is 134 Å². The number of nitrogens with two attached hydrogens (primary N) is 1. The Hall–Kier alpha value is -3.07. The molecule has 0 rings (SSSR count). The minimum absolute atomic E-state index is 0.0416. The van der Waals surface area contributed by atoms with Crippen LogP contribution in [-0.4, -0.2) is 49.3 Å². The molecule has 0 amide bonds. The number of phosphoric ester groups is 1. The standard InChI is InChI=1S/C57H98NO8P/c1-3-5-7-9-11-13-15-17-18-19-20-21-22-23-24-25-26-27-28-29-30-31-32-33-34-35-36-38-40-42-44-46-48-50-57(60)66-55(54-65-67(61,62)64-52-51-58)53-63-56(59)49-47-45-43-41-39-37-16-14-12-10-8-6-4-2/h5-8,11-14,17-18,20-21,37,39,43,45,55H,3-4,9-10,15-16,19,22-36,38,40-42,44,46-54,58H2,1-2H3,(H,61,62)/b7-5-,8-6-,13-11-,14-12-,18-17-,21-20-,39-37-,45-43-. The highest BCUT2D eigenvalue weighted by Crippen LogP contribution is 2.43. The highest BCUT2D eigenvalue weighted by Gasteiger charge is 2.26. The monoisotopic (exact) mass is 956 g/mol. The second-order valence-electron chi connectivity index (χ2n) is 17.3. The van der Waals surface area contributed by atoms with Crippen molar-refractivity contribution >= 4 is 19.8 Å². The average Bonchev–Trinajstić information content (AvgIpc) is 3.32. The Morgan fingerprint density at radius 3 is 1.21 bits per heavy atom. The molecule has 0 radical (unpaired) electrons. The van der Waals surface area contributed by atoms with Gasteiger partial charge in [-0.15, -0.1) is 0 Å². The minimum atomic E-state index is -4.40. The van der Waals surface area contributed by atoms with E-state index in [9.17, 15) is 19.0 Å². The summed E-state index contributed by atoms with van der Waals surface area (Å²) in [5, 5.41) is 0. The summed E-state index contributed by atoms with van der Waals surface area (Å²) in [6.45, 7) is 3.42. The molecule has 67 heavy (non-hydrogen) atoms. The second-order valence-corrected chi connectivity index (χ2v) is 18.8. The molecule has 0 aromatic heterocycles. The van der Waals surface area contributed by atoms with Crippen LogP contribution in [0.3, 0.4) is 0 Å². The third kappa shape index (κ3) is 52.2. The molecule has 9 nitrogen and oxygen atoms in total. The van der Waals surface area contributed by atoms with Crippen LogP contribution in [0.5, 0.6) is 0 Å². The number of hydrogen-bond donors (Lipinski definition) is 2. The summed E-state index contributed by atoms with van der Waals surface area (Å²) in [6.07, 6.45) is 69.3. The van der Waals surface area contributed by atoms with E-state index < -0.39 is 32.5 Å². The van der Waals surface area contributed by atoms with Crippen molar-refractivity contribution in [3.63, 3.8) is 0 Å². The van der Waals surface area contributed by atoms with E-state index in [-0.39, 0.29) is 32.6 Å². The molecule has 2 unspecified atom stereocenters. The van der Waals surface area contributed by atoms with E-state index >= 15 is 0 Å². The molecule has 0 saturated carbocycles. The van der Waals surface area contributed by atoms with Gasteiger partial charge >= 0.3 is 19.8 Å². The molecule has 0 bridgehead atoms. The van der Waals surface area contributed by atoms with Crippen molar-refractivity contribution in [3.8, 4) is 0 Å². The normalized spacial score (nSPS) is 13.9. The van der Waals surface area contributed by atoms with E-state index in [2.05, 4.69) is 98.9 Å². The third-order valence-electron chi connectivity index (χ3n) is 11.0. The molecule has 0 aliphatic heterocycles. The lowest BCUT2D eigenvalue weighted by atomic mass is 10.0. The maximum atomic E-state index is 12.7. The van der Waals surface area contributed by atoms with Crippen LogP contribution in [0.25, 0.3) is 0 Å². The van der Waals surface area contributed by atoms with Crippen molar-refractivity contribution < 1.29 is 37.6 Å². The summed E-state index contributed by atoms with van der Waals surface area (Å²) in [6, 6.07) is 0. The third-order valence-corrected chi connectivity index (χ3v) is 12.0. The second kappa shape index (κ2) is 52.3. The Kier molecular flexibility index (Phi) is 49.9. The molecule has 3 N–H and O–H groups in total. The highest BCUT2D eigenvalue weighted by atomic mass is 31.2. The van der Waals surface area contributed by atoms with Gasteiger partial charge in [0.25, 0.3) is 0 Å². The first kappa shape index (κ1) is 63.9. The Morgan fingerprint density at radius 1 is 0.448 bits per heavy atom. The van der Waals surface area contributed by atoms with Gasteiger partial charge in [0.05, 0.1) is 13.2 Å². The van der Waals surface area contributed by atoms with Gasteiger partial charge < -0.3 is 20.1 Å². The SMILES string of the molecule is CC/C=C\C/C=C\C/C=C\C/C=C\CCCCCCCCCCCCCCCCCCCCCCC(=O)OC(COC(=O)CC/C=C\C/C=C\C/C=C\C/C=C\CC)COP(=O)(O)OCCN. The predicted molar refractivity (Wildman–Crippen MR) is 284 cm³/mol. The molecule has 0 fully saturated rings. The fourth-order valence-electron chi connectivity index (χ4n) is 7.11. The van der Waals surface area contributed by atoms with Crippen molar-refractivity contribution in [2.24, 2.45) is 5.73 Å². The average molecular weight is 956 g/mol. The molecule has 0 aliphatic carbocycles. The quantitative estimate of drug-likeness (QED) is 0.0264. The predicted octanol–water partition coefficient (Wildman–Crippen LogP) is 16.5. The largest absolute Gasteiger partial charge is 0.472 e. The van der Waals surface area contributed by atoms with Gasteiger partial charge in [-0.1, -0.05) is 227 Å². The first-order valence-corrected chi connectivity index (χ1v) is 28.2. The fourth-order valence-corrected chi connectivity index (χ4v) is 7.88. The lowest BCUT2D eigenvalue weighted by molar-refractivity contribution is -0.161. The first-order chi connectivity index (χ1) is 32.8. The maximum Gasteiger partial charge on any atom is 0.472 e. The van der Waals surface area contributed by atoms with E-state index in [0.29, 0.717) is 12.8 Å². The Bertz CT molecular complexity index is 1410. The summed E-state index contributed by atoms with van der Waals surface area (Å²) in [4.78, 5) is 35.0. The van der Waals surface area contributed by atoms with Crippen LogP contribution < -0.4 is 5.73 Å². The molecule has 0 heterocycles. The molecule has 2 atom stereocenters. The van der Waals surface area contributed by atoms with Gasteiger partial charge in [0.15, 0.2) is 6.10 Å². The number of carbonyl (C=O) groups is 2. The van der Waals surface area contributed by atoms with Gasteiger partial charge in [-0.25, -0.2) is 4.57 Å². The van der Waals surface area contributed by atoms with Gasteiger partial charge in [0.2, 0.25) is 0 Å². The minimum Gasteiger partial charge on any atom is -0.462 e. The lowest BCUT2D eigenvalue weighted by Crippen LogP contribution is -2.29. The van der Waals surface area contributed by atoms with Crippen LogP contribution in [0.1, 0.15) is 219 Å². The Morgan fingerprint density at radius 2 is 0.806 bits per heavy atom. The van der Waals surface area contributed by atoms with Gasteiger partial charge in [0, 0.05) is 19.4 Å². The number of allylic oxidation sites excluding steroid dienone is 16. The van der Waals surface area contributed by atoms with Crippen molar-refractivity contribution in [2.45, 2.75) is 225 Å². The van der Waals surface area contributed by atoms with Gasteiger partial charge in [-0.2, -0.15) is 0 Å². The molecular formula is C57H98NO8P. The van der Waals surface area contributed by atoms with Gasteiger partial charge in [-0.05, 0) is 77.0 Å². The molecule has 384 valence electrons. The van der Waals surface area contributed by atoms with Crippen molar-refractivity contribution in [2.75, 3.05) is 26.4 Å². The lowest BCUT2D eigenvalue weighted by Gasteiger charge is -2.19. The highest BCUT2D eigenvalue weighted by molar-refractivity contribution is 7.47. The van der Waals surface area contributed by atoms with Gasteiger partial charge in [-0.3, -0.25) is 18.6 Å². The summed E-state index contributed by atoms with van der Waals surface area (Å²) >= 11 is 0. The van der Waals surface area contributed by atoms with Crippen LogP contribution in [0, 0.1) is 0 Å². The first-order valence-electron chi connectivity index (χ1n) is 26.7. The molecule has 0 aliphatic rings. The number of carbonyl (C=O) groups excluding carboxylic acids is 2. The van der Waals surface area contributed by atoms with Crippen LogP contribution >= 0.6 is 7.82 Å². The molecule has 0 aromatic carbocycles. The Balaban J connectivity index is 3.91. The zero-order valence-electron chi connectivity index (χ0n) is 42.6. The molecule has 0 spiro atoms. The van der Waals surface area contributed by atoms with E-state index in [0.717, 1.165) is 70.6 Å². The molecule has 0 saturated heterocycles. The smallest absolute Gasteiger partial charge is 0.462 e. The van der Waals surface area contributed by atoms with E-state index in [4.69, 9.17) is 24.3 Å². The van der Waals surface area contributed by atoms with Gasteiger partial charge in [0.1, 0.15) is 6.61 Å². The number of hydrogen-bond acceptors (Lipinski definition) is 8. The molecule has 0 aromatic rings. The van der Waals surface area contributed by atoms with E-state index in [1.807, 2.05) is 12.2 Å². The van der Waals surface area contributed by atoms with E-state index in [1.54, 1.807) is 0 Å².